The molecule has 2 atom stereocenters. The lowest BCUT2D eigenvalue weighted by Crippen LogP contribution is -2.28. The summed E-state index contributed by atoms with van der Waals surface area (Å²) in [5.74, 6) is 2.01. The first-order valence-electron chi connectivity index (χ1n) is 6.62. The lowest BCUT2D eigenvalue weighted by Gasteiger charge is -2.31. The highest BCUT2D eigenvalue weighted by Gasteiger charge is 2.25. The van der Waals surface area contributed by atoms with Crippen LogP contribution in [0.2, 0.25) is 0 Å². The minimum atomic E-state index is 0.240. The van der Waals surface area contributed by atoms with Gasteiger partial charge in [0.15, 0.2) is 0 Å². The highest BCUT2D eigenvalue weighted by atomic mass is 16.5. The van der Waals surface area contributed by atoms with Gasteiger partial charge in [0.1, 0.15) is 6.10 Å². The van der Waals surface area contributed by atoms with Crippen LogP contribution in [0, 0.1) is 30.1 Å². The number of nitriles is 1. The SMILES string of the molecule is Cc1cc(C#N)cc(OC2CC(C)CC(C)C2)n1. The van der Waals surface area contributed by atoms with E-state index in [2.05, 4.69) is 24.9 Å². The van der Waals surface area contributed by atoms with Crippen LogP contribution in [-0.4, -0.2) is 11.1 Å². The van der Waals surface area contributed by atoms with Crippen molar-refractivity contribution in [1.29, 1.82) is 5.26 Å². The molecule has 1 aromatic rings. The molecule has 0 radical (unpaired) electrons. The summed E-state index contributed by atoms with van der Waals surface area (Å²) in [5.41, 5.74) is 1.45. The predicted molar refractivity (Wildman–Crippen MR) is 70.3 cm³/mol. The fourth-order valence-corrected chi connectivity index (χ4v) is 2.90. The Balaban J connectivity index is 2.09. The summed E-state index contributed by atoms with van der Waals surface area (Å²) in [7, 11) is 0. The van der Waals surface area contributed by atoms with Crippen molar-refractivity contribution in [3.05, 3.63) is 23.4 Å². The maximum absolute atomic E-state index is 8.94. The summed E-state index contributed by atoms with van der Waals surface area (Å²) in [6.07, 6.45) is 3.69. The molecular formula is C15H20N2O. The Kier molecular flexibility index (Phi) is 3.86. The minimum Gasteiger partial charge on any atom is -0.474 e. The van der Waals surface area contributed by atoms with Crippen molar-refractivity contribution in [2.24, 2.45) is 11.8 Å². The summed E-state index contributed by atoms with van der Waals surface area (Å²) in [6, 6.07) is 5.65. The number of aromatic nitrogens is 1. The number of pyridine rings is 1. The van der Waals surface area contributed by atoms with Gasteiger partial charge in [0.2, 0.25) is 5.88 Å². The molecule has 0 bridgehead atoms. The summed E-state index contributed by atoms with van der Waals surface area (Å²) in [4.78, 5) is 4.35. The Morgan fingerprint density at radius 3 is 2.50 bits per heavy atom. The lowest BCUT2D eigenvalue weighted by atomic mass is 9.82. The number of aryl methyl sites for hydroxylation is 1. The van der Waals surface area contributed by atoms with Gasteiger partial charge in [0.25, 0.3) is 0 Å². The zero-order chi connectivity index (χ0) is 13.1. The van der Waals surface area contributed by atoms with E-state index < -0.39 is 0 Å². The standard InChI is InChI=1S/C15H20N2O/c1-10-4-11(2)6-14(5-10)18-15-8-13(9-16)7-12(3)17-15/h7-8,10-11,14H,4-6H2,1-3H3. The van der Waals surface area contributed by atoms with Gasteiger partial charge < -0.3 is 4.74 Å². The Morgan fingerprint density at radius 1 is 1.22 bits per heavy atom. The maximum atomic E-state index is 8.94. The van der Waals surface area contributed by atoms with Crippen LogP contribution in [0.5, 0.6) is 5.88 Å². The normalized spacial score (nSPS) is 27.6. The second-order valence-electron chi connectivity index (χ2n) is 5.60. The van der Waals surface area contributed by atoms with Crippen molar-refractivity contribution >= 4 is 0 Å². The Morgan fingerprint density at radius 2 is 1.89 bits per heavy atom. The smallest absolute Gasteiger partial charge is 0.215 e. The molecule has 3 heteroatoms. The average Bonchev–Trinajstić information content (AvgIpc) is 2.26. The first-order valence-corrected chi connectivity index (χ1v) is 6.62. The van der Waals surface area contributed by atoms with Crippen LogP contribution in [-0.2, 0) is 0 Å². The fourth-order valence-electron chi connectivity index (χ4n) is 2.90. The first kappa shape index (κ1) is 12.9. The maximum Gasteiger partial charge on any atom is 0.215 e. The van der Waals surface area contributed by atoms with Crippen LogP contribution < -0.4 is 4.74 Å². The van der Waals surface area contributed by atoms with Crippen molar-refractivity contribution in [3.8, 4) is 11.9 Å². The fraction of sp³-hybridized carbons (Fsp3) is 0.600. The molecule has 0 amide bonds. The van der Waals surface area contributed by atoms with E-state index in [1.54, 1.807) is 12.1 Å². The van der Waals surface area contributed by atoms with Crippen molar-refractivity contribution < 1.29 is 4.74 Å². The Bertz CT molecular complexity index is 454. The zero-order valence-corrected chi connectivity index (χ0v) is 11.3. The van der Waals surface area contributed by atoms with Crippen molar-refractivity contribution in [3.63, 3.8) is 0 Å². The van der Waals surface area contributed by atoms with Crippen LogP contribution in [0.15, 0.2) is 12.1 Å². The van der Waals surface area contributed by atoms with Gasteiger partial charge in [-0.15, -0.1) is 0 Å². The van der Waals surface area contributed by atoms with Gasteiger partial charge in [-0.2, -0.15) is 5.26 Å². The third-order valence-electron chi connectivity index (χ3n) is 3.48. The highest BCUT2D eigenvalue weighted by Crippen LogP contribution is 2.31. The summed E-state index contributed by atoms with van der Waals surface area (Å²) in [5, 5.41) is 8.94. The summed E-state index contributed by atoms with van der Waals surface area (Å²) in [6.45, 7) is 6.44. The molecule has 0 spiro atoms. The third kappa shape index (κ3) is 3.22. The molecule has 1 saturated carbocycles. The number of hydrogen-bond donors (Lipinski definition) is 0. The van der Waals surface area contributed by atoms with E-state index in [-0.39, 0.29) is 6.10 Å². The molecule has 1 aliphatic rings. The summed E-state index contributed by atoms with van der Waals surface area (Å²) < 4.78 is 5.96. The van der Waals surface area contributed by atoms with Crippen molar-refractivity contribution in [2.75, 3.05) is 0 Å². The van der Waals surface area contributed by atoms with E-state index in [9.17, 15) is 0 Å². The monoisotopic (exact) mass is 244 g/mol. The Labute approximate surface area is 109 Å². The quantitative estimate of drug-likeness (QED) is 0.800. The van der Waals surface area contributed by atoms with Gasteiger partial charge in [-0.25, -0.2) is 4.98 Å². The van der Waals surface area contributed by atoms with Crippen molar-refractivity contribution in [1.82, 2.24) is 4.98 Å². The lowest BCUT2D eigenvalue weighted by molar-refractivity contribution is 0.0965. The van der Waals surface area contributed by atoms with Crippen LogP contribution >= 0.6 is 0 Å². The molecule has 96 valence electrons. The van der Waals surface area contributed by atoms with Gasteiger partial charge in [0.05, 0.1) is 11.6 Å². The molecule has 0 saturated heterocycles. The van der Waals surface area contributed by atoms with Gasteiger partial charge in [-0.05, 0) is 44.1 Å². The molecule has 0 aliphatic heterocycles. The minimum absolute atomic E-state index is 0.240. The van der Waals surface area contributed by atoms with Gasteiger partial charge in [0, 0.05) is 11.8 Å². The van der Waals surface area contributed by atoms with E-state index in [1.165, 1.54) is 6.42 Å². The van der Waals surface area contributed by atoms with E-state index in [4.69, 9.17) is 10.00 Å². The molecule has 1 heterocycles. The number of ether oxygens (including phenoxy) is 1. The molecule has 18 heavy (non-hydrogen) atoms. The van der Waals surface area contributed by atoms with E-state index in [0.717, 1.165) is 18.5 Å². The topological polar surface area (TPSA) is 45.9 Å². The van der Waals surface area contributed by atoms with E-state index in [1.807, 2.05) is 6.92 Å². The van der Waals surface area contributed by atoms with Crippen molar-refractivity contribution in [2.45, 2.75) is 46.1 Å². The zero-order valence-electron chi connectivity index (χ0n) is 11.3. The first-order chi connectivity index (χ1) is 8.56. The third-order valence-corrected chi connectivity index (χ3v) is 3.48. The molecule has 1 aliphatic carbocycles. The van der Waals surface area contributed by atoms with Crippen LogP contribution in [0.1, 0.15) is 44.4 Å². The molecule has 3 nitrogen and oxygen atoms in total. The van der Waals surface area contributed by atoms with Crippen LogP contribution in [0.25, 0.3) is 0 Å². The summed E-state index contributed by atoms with van der Waals surface area (Å²) >= 11 is 0. The second-order valence-corrected chi connectivity index (χ2v) is 5.60. The Hall–Kier alpha value is -1.56. The molecule has 0 aromatic carbocycles. The van der Waals surface area contributed by atoms with Gasteiger partial charge in [-0.3, -0.25) is 0 Å². The number of hydrogen-bond acceptors (Lipinski definition) is 3. The van der Waals surface area contributed by atoms with Gasteiger partial charge in [-0.1, -0.05) is 13.8 Å². The average molecular weight is 244 g/mol. The number of nitrogens with zero attached hydrogens (tertiary/aromatic N) is 2. The molecule has 2 unspecified atom stereocenters. The molecule has 1 fully saturated rings. The largest absolute Gasteiger partial charge is 0.474 e. The molecule has 1 aromatic heterocycles. The molecule has 0 N–H and O–H groups in total. The molecular weight excluding hydrogens is 224 g/mol. The van der Waals surface area contributed by atoms with Crippen LogP contribution in [0.4, 0.5) is 0 Å². The van der Waals surface area contributed by atoms with E-state index in [0.29, 0.717) is 23.3 Å². The number of rotatable bonds is 2. The van der Waals surface area contributed by atoms with Crippen LogP contribution in [0.3, 0.4) is 0 Å². The van der Waals surface area contributed by atoms with E-state index >= 15 is 0 Å². The second kappa shape index (κ2) is 5.39. The molecule has 2 rings (SSSR count). The highest BCUT2D eigenvalue weighted by molar-refractivity contribution is 5.34. The predicted octanol–water partition coefficient (Wildman–Crippen LogP) is 3.47. The van der Waals surface area contributed by atoms with Gasteiger partial charge >= 0.3 is 0 Å².